The molecular formula is C36H48N2O4. The molecule has 0 aromatic heterocycles. The van der Waals surface area contributed by atoms with Crippen LogP contribution in [0.15, 0.2) is 70.6 Å². The van der Waals surface area contributed by atoms with Crippen LogP contribution in [0, 0.1) is 0 Å². The molecule has 3 aromatic rings. The van der Waals surface area contributed by atoms with Gasteiger partial charge in [-0.25, -0.2) is 0 Å². The molecule has 42 heavy (non-hydrogen) atoms. The summed E-state index contributed by atoms with van der Waals surface area (Å²) in [5, 5.41) is 21.1. The average Bonchev–Trinajstić information content (AvgIpc) is 3.01. The lowest BCUT2D eigenvalue weighted by Gasteiger charge is -2.07. The van der Waals surface area contributed by atoms with Gasteiger partial charge in [-0.3, -0.25) is 9.98 Å². The van der Waals surface area contributed by atoms with E-state index in [0.717, 1.165) is 48.9 Å². The van der Waals surface area contributed by atoms with Crippen molar-refractivity contribution in [2.24, 2.45) is 9.98 Å². The maximum atomic E-state index is 10.5. The SMILES string of the molecule is CCCCCCCCOc1ccc(N=Cc2ccc(C=Nc3ccc(OCCCCCCCC)cc3)c(O)c2O)cc1. The molecule has 3 rings (SSSR count). The molecule has 0 fully saturated rings. The molecule has 0 aliphatic rings. The van der Waals surface area contributed by atoms with Crippen molar-refractivity contribution >= 4 is 23.8 Å². The van der Waals surface area contributed by atoms with Crippen molar-refractivity contribution in [1.82, 2.24) is 0 Å². The number of aliphatic imine (C=N–C) groups is 2. The minimum Gasteiger partial charge on any atom is -0.504 e. The lowest BCUT2D eigenvalue weighted by molar-refractivity contribution is 0.304. The topological polar surface area (TPSA) is 83.6 Å². The maximum absolute atomic E-state index is 10.5. The molecule has 226 valence electrons. The fraction of sp³-hybridized carbons (Fsp3) is 0.444. The van der Waals surface area contributed by atoms with Crippen LogP contribution in [0.2, 0.25) is 0 Å². The van der Waals surface area contributed by atoms with E-state index >= 15 is 0 Å². The van der Waals surface area contributed by atoms with E-state index in [2.05, 4.69) is 23.8 Å². The summed E-state index contributed by atoms with van der Waals surface area (Å²) in [6.07, 6.45) is 17.9. The molecule has 0 spiro atoms. The van der Waals surface area contributed by atoms with Crippen molar-refractivity contribution in [3.8, 4) is 23.0 Å². The van der Waals surface area contributed by atoms with Gasteiger partial charge in [-0.1, -0.05) is 78.1 Å². The van der Waals surface area contributed by atoms with E-state index in [0.29, 0.717) is 11.1 Å². The van der Waals surface area contributed by atoms with Crippen molar-refractivity contribution in [3.63, 3.8) is 0 Å². The monoisotopic (exact) mass is 572 g/mol. The molecule has 0 saturated heterocycles. The molecule has 6 nitrogen and oxygen atoms in total. The lowest BCUT2D eigenvalue weighted by atomic mass is 10.1. The van der Waals surface area contributed by atoms with Crippen LogP contribution in [0.1, 0.15) is 102 Å². The van der Waals surface area contributed by atoms with Crippen molar-refractivity contribution in [3.05, 3.63) is 71.8 Å². The number of rotatable bonds is 20. The van der Waals surface area contributed by atoms with Gasteiger partial charge in [0, 0.05) is 23.6 Å². The van der Waals surface area contributed by atoms with E-state index in [1.807, 2.05) is 48.5 Å². The van der Waals surface area contributed by atoms with Crippen molar-refractivity contribution in [1.29, 1.82) is 0 Å². The summed E-state index contributed by atoms with van der Waals surface area (Å²) in [5.41, 5.74) is 2.29. The minimum atomic E-state index is -0.236. The zero-order valence-electron chi connectivity index (χ0n) is 25.4. The van der Waals surface area contributed by atoms with Gasteiger partial charge < -0.3 is 19.7 Å². The van der Waals surface area contributed by atoms with Gasteiger partial charge in [-0.15, -0.1) is 0 Å². The Balaban J connectivity index is 1.46. The fourth-order valence-electron chi connectivity index (χ4n) is 4.51. The number of nitrogens with zero attached hydrogens (tertiary/aromatic N) is 2. The molecular weight excluding hydrogens is 524 g/mol. The predicted octanol–water partition coefficient (Wildman–Crippen LogP) is 10.1. The second-order valence-corrected chi connectivity index (χ2v) is 10.7. The van der Waals surface area contributed by atoms with Crippen LogP contribution in [0.3, 0.4) is 0 Å². The van der Waals surface area contributed by atoms with E-state index in [-0.39, 0.29) is 11.5 Å². The first-order valence-corrected chi connectivity index (χ1v) is 15.7. The summed E-state index contributed by atoms with van der Waals surface area (Å²) in [4.78, 5) is 8.87. The van der Waals surface area contributed by atoms with Crippen LogP contribution in [-0.4, -0.2) is 35.9 Å². The highest BCUT2D eigenvalue weighted by Gasteiger charge is 2.09. The molecule has 2 N–H and O–H groups in total. The van der Waals surface area contributed by atoms with Gasteiger partial charge in [0.15, 0.2) is 11.5 Å². The minimum absolute atomic E-state index is 0.236. The fourth-order valence-corrected chi connectivity index (χ4v) is 4.51. The molecule has 0 bridgehead atoms. The summed E-state index contributed by atoms with van der Waals surface area (Å²) in [6, 6.07) is 18.5. The standard InChI is InChI=1S/C36H48N2O4/c1-3-5-7-9-11-13-25-41-33-21-17-31(18-22-33)37-27-29-15-16-30(36(40)35(29)39)28-38-32-19-23-34(24-20-32)42-26-14-12-10-8-6-4-2/h15-24,27-28,39-40H,3-14,25-26H2,1-2H3. The number of unbranched alkanes of at least 4 members (excludes halogenated alkanes) is 10. The Labute approximate surface area is 252 Å². The third kappa shape index (κ3) is 12.0. The second-order valence-electron chi connectivity index (χ2n) is 10.7. The smallest absolute Gasteiger partial charge is 0.167 e. The highest BCUT2D eigenvalue weighted by molar-refractivity contribution is 5.92. The number of ether oxygens (including phenoxy) is 2. The molecule has 0 amide bonds. The zero-order chi connectivity index (χ0) is 29.8. The van der Waals surface area contributed by atoms with Crippen molar-refractivity contribution < 1.29 is 19.7 Å². The summed E-state index contributed by atoms with van der Waals surface area (Å²) in [6.45, 7) is 5.89. The van der Waals surface area contributed by atoms with Crippen molar-refractivity contribution in [2.45, 2.75) is 90.9 Å². The quantitative estimate of drug-likeness (QED) is 0.0801. The predicted molar refractivity (Wildman–Crippen MR) is 175 cm³/mol. The highest BCUT2D eigenvalue weighted by Crippen LogP contribution is 2.32. The number of benzene rings is 3. The first kappa shape index (κ1) is 32.7. The highest BCUT2D eigenvalue weighted by atomic mass is 16.5. The Morgan fingerprint density at radius 3 is 1.24 bits per heavy atom. The normalized spacial score (nSPS) is 11.5. The molecule has 0 radical (unpaired) electrons. The molecule has 0 unspecified atom stereocenters. The number of phenolic OH excluding ortho intramolecular Hbond substituents is 2. The molecule has 0 atom stereocenters. The van der Waals surface area contributed by atoms with E-state index in [1.54, 1.807) is 12.1 Å². The van der Waals surface area contributed by atoms with Crippen LogP contribution in [0.5, 0.6) is 23.0 Å². The molecule has 0 aliphatic heterocycles. The van der Waals surface area contributed by atoms with Crippen molar-refractivity contribution in [2.75, 3.05) is 13.2 Å². The Bertz CT molecular complexity index is 1120. The largest absolute Gasteiger partial charge is 0.504 e. The number of hydrogen-bond acceptors (Lipinski definition) is 6. The number of hydrogen-bond donors (Lipinski definition) is 2. The van der Waals surface area contributed by atoms with E-state index in [1.165, 1.54) is 76.6 Å². The van der Waals surface area contributed by atoms with E-state index < -0.39 is 0 Å². The molecule has 0 heterocycles. The van der Waals surface area contributed by atoms with Crippen LogP contribution < -0.4 is 9.47 Å². The maximum Gasteiger partial charge on any atom is 0.167 e. The summed E-state index contributed by atoms with van der Waals surface area (Å²) in [7, 11) is 0. The van der Waals surface area contributed by atoms with Gasteiger partial charge in [-0.2, -0.15) is 0 Å². The summed E-state index contributed by atoms with van der Waals surface area (Å²) in [5.74, 6) is 1.17. The first-order valence-electron chi connectivity index (χ1n) is 15.7. The van der Waals surface area contributed by atoms with Gasteiger partial charge >= 0.3 is 0 Å². The first-order chi connectivity index (χ1) is 20.6. The lowest BCUT2D eigenvalue weighted by Crippen LogP contribution is -1.96. The summed E-state index contributed by atoms with van der Waals surface area (Å²) >= 11 is 0. The van der Waals surface area contributed by atoms with Crippen LogP contribution in [0.25, 0.3) is 0 Å². The summed E-state index contributed by atoms with van der Waals surface area (Å²) < 4.78 is 11.7. The van der Waals surface area contributed by atoms with Gasteiger partial charge in [0.1, 0.15) is 11.5 Å². The molecule has 0 saturated carbocycles. The van der Waals surface area contributed by atoms with Crippen LogP contribution in [-0.2, 0) is 0 Å². The van der Waals surface area contributed by atoms with Gasteiger partial charge in [0.05, 0.1) is 24.6 Å². The van der Waals surface area contributed by atoms with Gasteiger partial charge in [0.2, 0.25) is 0 Å². The molecule has 3 aromatic carbocycles. The van der Waals surface area contributed by atoms with Crippen LogP contribution in [0.4, 0.5) is 11.4 Å². The van der Waals surface area contributed by atoms with E-state index in [9.17, 15) is 10.2 Å². The Morgan fingerprint density at radius 2 is 0.857 bits per heavy atom. The Hall–Kier alpha value is -3.80. The third-order valence-electron chi connectivity index (χ3n) is 7.13. The Morgan fingerprint density at radius 1 is 0.500 bits per heavy atom. The zero-order valence-corrected chi connectivity index (χ0v) is 25.4. The molecule has 0 aliphatic carbocycles. The third-order valence-corrected chi connectivity index (χ3v) is 7.13. The number of phenols is 2. The molecule has 6 heteroatoms. The number of aromatic hydroxyl groups is 2. The van der Waals surface area contributed by atoms with E-state index in [4.69, 9.17) is 9.47 Å². The van der Waals surface area contributed by atoms with Gasteiger partial charge in [-0.05, 0) is 73.5 Å². The second kappa shape index (κ2) is 19.3. The van der Waals surface area contributed by atoms with Crippen LogP contribution >= 0.6 is 0 Å². The Kier molecular flexibility index (Phi) is 15.1. The van der Waals surface area contributed by atoms with Gasteiger partial charge in [0.25, 0.3) is 0 Å². The average molecular weight is 573 g/mol.